The second-order valence-corrected chi connectivity index (χ2v) is 3.89. The Balaban J connectivity index is 2.58. The van der Waals surface area contributed by atoms with E-state index < -0.39 is 0 Å². The number of nitrogens with zero attached hydrogens (tertiary/aromatic N) is 2. The van der Waals surface area contributed by atoms with Crippen LogP contribution in [0.4, 0.5) is 5.82 Å². The Morgan fingerprint density at radius 1 is 1.43 bits per heavy atom. The summed E-state index contributed by atoms with van der Waals surface area (Å²) in [5.41, 5.74) is 0.985. The van der Waals surface area contributed by atoms with Gasteiger partial charge in [0, 0.05) is 24.2 Å². The number of hydrogen-bond acceptors (Lipinski definition) is 3. The molecule has 1 heterocycles. The van der Waals surface area contributed by atoms with Gasteiger partial charge in [0.25, 0.3) is 0 Å². The molecule has 1 aromatic rings. The van der Waals surface area contributed by atoms with Gasteiger partial charge < -0.3 is 5.32 Å². The third kappa shape index (κ3) is 3.50. The van der Waals surface area contributed by atoms with Gasteiger partial charge in [-0.1, -0.05) is 6.92 Å². The number of aryl methyl sites for hydroxylation is 2. The lowest BCUT2D eigenvalue weighted by Gasteiger charge is -2.10. The van der Waals surface area contributed by atoms with Crippen molar-refractivity contribution in [3.05, 3.63) is 17.6 Å². The van der Waals surface area contributed by atoms with Crippen molar-refractivity contribution in [1.82, 2.24) is 9.97 Å². The van der Waals surface area contributed by atoms with E-state index in [1.54, 1.807) is 0 Å². The van der Waals surface area contributed by atoms with Crippen LogP contribution in [0.1, 0.15) is 18.4 Å². The predicted octanol–water partition coefficient (Wildman–Crippen LogP) is 2.38. The fourth-order valence-electron chi connectivity index (χ4n) is 1.14. The number of aromatic nitrogens is 2. The highest BCUT2D eigenvalue weighted by atomic mass is 35.5. The summed E-state index contributed by atoms with van der Waals surface area (Å²) in [6.45, 7) is 6.80. The zero-order chi connectivity index (χ0) is 10.6. The molecular formula is C10H16ClN3. The molecule has 0 spiro atoms. The quantitative estimate of drug-likeness (QED) is 0.781. The molecule has 0 aliphatic heterocycles. The average Bonchev–Trinajstić information content (AvgIpc) is 2.12. The number of hydrogen-bond donors (Lipinski definition) is 1. The number of rotatable bonds is 4. The first kappa shape index (κ1) is 11.2. The van der Waals surface area contributed by atoms with Crippen molar-refractivity contribution < 1.29 is 0 Å². The zero-order valence-corrected chi connectivity index (χ0v) is 9.60. The van der Waals surface area contributed by atoms with Crippen LogP contribution in [0.3, 0.4) is 0 Å². The molecule has 3 nitrogen and oxygen atoms in total. The average molecular weight is 214 g/mol. The zero-order valence-electron chi connectivity index (χ0n) is 8.84. The third-order valence-electron chi connectivity index (χ3n) is 1.86. The van der Waals surface area contributed by atoms with Crippen LogP contribution in [-0.2, 0) is 0 Å². The minimum Gasteiger partial charge on any atom is -0.370 e. The molecule has 0 saturated carbocycles. The van der Waals surface area contributed by atoms with Crippen molar-refractivity contribution in [2.45, 2.75) is 20.8 Å². The van der Waals surface area contributed by atoms with Crippen LogP contribution in [0, 0.1) is 19.8 Å². The lowest BCUT2D eigenvalue weighted by atomic mass is 10.2. The van der Waals surface area contributed by atoms with E-state index in [1.165, 1.54) is 0 Å². The van der Waals surface area contributed by atoms with Crippen LogP contribution >= 0.6 is 11.6 Å². The maximum atomic E-state index is 5.71. The highest BCUT2D eigenvalue weighted by Crippen LogP contribution is 2.07. The summed E-state index contributed by atoms with van der Waals surface area (Å²) in [5, 5.41) is 3.24. The molecule has 1 N–H and O–H groups in total. The molecule has 0 saturated heterocycles. The maximum Gasteiger partial charge on any atom is 0.129 e. The summed E-state index contributed by atoms with van der Waals surface area (Å²) in [4.78, 5) is 8.48. The Morgan fingerprint density at radius 2 is 2.14 bits per heavy atom. The summed E-state index contributed by atoms with van der Waals surface area (Å²) < 4.78 is 0. The first-order valence-electron chi connectivity index (χ1n) is 4.74. The maximum absolute atomic E-state index is 5.71. The van der Waals surface area contributed by atoms with Gasteiger partial charge in [0.1, 0.15) is 11.6 Å². The van der Waals surface area contributed by atoms with E-state index in [-0.39, 0.29) is 0 Å². The second-order valence-electron chi connectivity index (χ2n) is 3.58. The molecule has 0 aliphatic rings. The number of anilines is 1. The molecule has 0 amide bonds. The van der Waals surface area contributed by atoms with Gasteiger partial charge in [-0.3, -0.25) is 0 Å². The van der Waals surface area contributed by atoms with Crippen LogP contribution in [-0.4, -0.2) is 22.4 Å². The highest BCUT2D eigenvalue weighted by molar-refractivity contribution is 6.18. The van der Waals surface area contributed by atoms with Crippen molar-refractivity contribution in [3.8, 4) is 0 Å². The van der Waals surface area contributed by atoms with E-state index in [1.807, 2.05) is 19.9 Å². The molecule has 78 valence electrons. The summed E-state index contributed by atoms with van der Waals surface area (Å²) in [5.74, 6) is 2.79. The first-order chi connectivity index (χ1) is 6.61. The Bertz CT molecular complexity index is 281. The fraction of sp³-hybridized carbons (Fsp3) is 0.600. The SMILES string of the molecule is Cc1cc(NCC(C)CCl)nc(C)n1. The van der Waals surface area contributed by atoms with E-state index >= 15 is 0 Å². The molecular weight excluding hydrogens is 198 g/mol. The third-order valence-corrected chi connectivity index (χ3v) is 2.39. The van der Waals surface area contributed by atoms with Gasteiger partial charge in [-0.2, -0.15) is 0 Å². The minimum absolute atomic E-state index is 0.451. The van der Waals surface area contributed by atoms with Gasteiger partial charge in [0.15, 0.2) is 0 Å². The number of halogens is 1. The molecule has 1 unspecified atom stereocenters. The standard InChI is InChI=1S/C10H16ClN3/c1-7(5-11)6-12-10-4-8(2)13-9(3)14-10/h4,7H,5-6H2,1-3H3,(H,12,13,14). The molecule has 0 aliphatic carbocycles. The first-order valence-corrected chi connectivity index (χ1v) is 5.27. The van der Waals surface area contributed by atoms with E-state index in [2.05, 4.69) is 22.2 Å². The molecule has 1 aromatic heterocycles. The van der Waals surface area contributed by atoms with Crippen LogP contribution in [0.25, 0.3) is 0 Å². The fourth-order valence-corrected chi connectivity index (χ4v) is 1.25. The van der Waals surface area contributed by atoms with Gasteiger partial charge in [-0.25, -0.2) is 9.97 Å². The lowest BCUT2D eigenvalue weighted by molar-refractivity contribution is 0.694. The Kier molecular flexibility index (Phi) is 4.14. The van der Waals surface area contributed by atoms with Crippen molar-refractivity contribution in [1.29, 1.82) is 0 Å². The lowest BCUT2D eigenvalue weighted by Crippen LogP contribution is -2.13. The smallest absolute Gasteiger partial charge is 0.129 e. The van der Waals surface area contributed by atoms with Gasteiger partial charge in [-0.05, 0) is 19.8 Å². The molecule has 1 atom stereocenters. The molecule has 0 radical (unpaired) electrons. The van der Waals surface area contributed by atoms with Gasteiger partial charge in [0.05, 0.1) is 0 Å². The van der Waals surface area contributed by atoms with E-state index in [9.17, 15) is 0 Å². The van der Waals surface area contributed by atoms with Crippen LogP contribution in [0.5, 0.6) is 0 Å². The molecule has 4 heteroatoms. The summed E-state index contributed by atoms with van der Waals surface area (Å²) in [6.07, 6.45) is 0. The van der Waals surface area contributed by atoms with Gasteiger partial charge >= 0.3 is 0 Å². The molecule has 14 heavy (non-hydrogen) atoms. The Morgan fingerprint density at radius 3 is 2.71 bits per heavy atom. The van der Waals surface area contributed by atoms with Gasteiger partial charge in [0.2, 0.25) is 0 Å². The monoisotopic (exact) mass is 213 g/mol. The Labute approximate surface area is 89.9 Å². The van der Waals surface area contributed by atoms with E-state index in [4.69, 9.17) is 11.6 Å². The number of nitrogens with one attached hydrogen (secondary N) is 1. The number of alkyl halides is 1. The molecule has 1 rings (SSSR count). The van der Waals surface area contributed by atoms with Crippen LogP contribution in [0.2, 0.25) is 0 Å². The molecule has 0 fully saturated rings. The molecule has 0 bridgehead atoms. The van der Waals surface area contributed by atoms with E-state index in [0.29, 0.717) is 11.8 Å². The van der Waals surface area contributed by atoms with E-state index in [0.717, 1.165) is 23.9 Å². The van der Waals surface area contributed by atoms with Crippen molar-refractivity contribution in [2.24, 2.45) is 5.92 Å². The normalized spacial score (nSPS) is 12.6. The summed E-state index contributed by atoms with van der Waals surface area (Å²) >= 11 is 5.71. The van der Waals surface area contributed by atoms with Crippen molar-refractivity contribution >= 4 is 17.4 Å². The van der Waals surface area contributed by atoms with Gasteiger partial charge in [-0.15, -0.1) is 11.6 Å². The second kappa shape index (κ2) is 5.15. The predicted molar refractivity (Wildman–Crippen MR) is 59.9 cm³/mol. The van der Waals surface area contributed by atoms with Crippen LogP contribution in [0.15, 0.2) is 6.07 Å². The van der Waals surface area contributed by atoms with Crippen LogP contribution < -0.4 is 5.32 Å². The summed E-state index contributed by atoms with van der Waals surface area (Å²) in [6, 6.07) is 1.94. The molecule has 0 aromatic carbocycles. The summed E-state index contributed by atoms with van der Waals surface area (Å²) in [7, 11) is 0. The Hall–Kier alpha value is -0.830. The minimum atomic E-state index is 0.451. The largest absolute Gasteiger partial charge is 0.370 e. The van der Waals surface area contributed by atoms with Crippen molar-refractivity contribution in [2.75, 3.05) is 17.7 Å². The highest BCUT2D eigenvalue weighted by Gasteiger charge is 2.01. The van der Waals surface area contributed by atoms with Crippen molar-refractivity contribution in [3.63, 3.8) is 0 Å². The topological polar surface area (TPSA) is 37.8 Å².